The lowest BCUT2D eigenvalue weighted by Gasteiger charge is -2.15. The third-order valence-corrected chi connectivity index (χ3v) is 5.08. The number of imide groups is 1. The van der Waals surface area contributed by atoms with Crippen molar-refractivity contribution in [3.05, 3.63) is 76.0 Å². The molecule has 1 fully saturated rings. The van der Waals surface area contributed by atoms with Gasteiger partial charge < -0.3 is 5.32 Å². The minimum absolute atomic E-state index is 0.0136. The summed E-state index contributed by atoms with van der Waals surface area (Å²) in [5.74, 6) is -0.579. The highest BCUT2D eigenvalue weighted by atomic mass is 79.9. The number of halogens is 1. The third kappa shape index (κ3) is 4.38. The number of amides is 4. The molecule has 4 rings (SSSR count). The molecule has 0 aliphatic carbocycles. The van der Waals surface area contributed by atoms with Crippen molar-refractivity contribution in [3.8, 4) is 0 Å². The van der Waals surface area contributed by atoms with Gasteiger partial charge in [0.1, 0.15) is 6.33 Å². The number of aromatic nitrogens is 3. The Morgan fingerprint density at radius 3 is 2.60 bits per heavy atom. The van der Waals surface area contributed by atoms with E-state index in [0.29, 0.717) is 17.7 Å². The van der Waals surface area contributed by atoms with Gasteiger partial charge in [-0.25, -0.2) is 14.5 Å². The number of carbonyl (C=O) groups excluding carboxylic acids is 3. The number of nitrogens with one attached hydrogen (secondary N) is 2. The Bertz CT molecular complexity index is 1100. The molecule has 1 aromatic heterocycles. The molecule has 2 heterocycles. The predicted molar refractivity (Wildman–Crippen MR) is 112 cm³/mol. The van der Waals surface area contributed by atoms with E-state index in [1.165, 1.54) is 6.33 Å². The van der Waals surface area contributed by atoms with E-state index < -0.39 is 11.9 Å². The first kappa shape index (κ1) is 19.8. The Kier molecular flexibility index (Phi) is 5.57. The zero-order valence-electron chi connectivity index (χ0n) is 15.7. The van der Waals surface area contributed by atoms with E-state index in [1.54, 1.807) is 28.9 Å². The van der Waals surface area contributed by atoms with Gasteiger partial charge in [-0.2, -0.15) is 0 Å². The molecule has 0 radical (unpaired) electrons. The molecule has 1 saturated heterocycles. The van der Waals surface area contributed by atoms with E-state index in [9.17, 15) is 14.4 Å². The topological polar surface area (TPSA) is 109 Å². The second-order valence-electron chi connectivity index (χ2n) is 6.64. The Morgan fingerprint density at radius 1 is 1.10 bits per heavy atom. The number of benzene rings is 2. The first-order valence-corrected chi connectivity index (χ1v) is 9.90. The predicted octanol–water partition coefficient (Wildman–Crippen LogP) is 2.39. The third-order valence-electron chi connectivity index (χ3n) is 4.55. The summed E-state index contributed by atoms with van der Waals surface area (Å²) in [6.07, 6.45) is 1.54. The molecule has 4 amide bonds. The lowest BCUT2D eigenvalue weighted by molar-refractivity contribution is -0.125. The molecule has 0 unspecified atom stereocenters. The van der Waals surface area contributed by atoms with Crippen molar-refractivity contribution >= 4 is 39.7 Å². The van der Waals surface area contributed by atoms with Crippen LogP contribution in [0.5, 0.6) is 0 Å². The van der Waals surface area contributed by atoms with Crippen LogP contribution in [0.2, 0.25) is 0 Å². The van der Waals surface area contributed by atoms with Gasteiger partial charge in [-0.1, -0.05) is 46.3 Å². The number of hydrogen-bond donors (Lipinski definition) is 2. The van der Waals surface area contributed by atoms with Crippen molar-refractivity contribution in [2.75, 3.05) is 11.9 Å². The molecule has 10 heteroatoms. The van der Waals surface area contributed by atoms with Gasteiger partial charge in [0.2, 0.25) is 11.9 Å². The van der Waals surface area contributed by atoms with Crippen LogP contribution >= 0.6 is 15.9 Å². The standard InChI is InChI=1S/C20H17BrN6O3/c21-15-7-5-13(6-8-15)10-26-12-23-19(25-26)24-18(29)16-4-2-1-3-14(16)11-27-17(28)9-22-20(27)30/h1-8,12H,9-11H2,(H,22,30)(H,24,25,29). The fourth-order valence-electron chi connectivity index (χ4n) is 3.04. The summed E-state index contributed by atoms with van der Waals surface area (Å²) in [5.41, 5.74) is 1.93. The number of anilines is 1. The van der Waals surface area contributed by atoms with Crippen molar-refractivity contribution in [2.45, 2.75) is 13.1 Å². The molecule has 0 spiro atoms. The minimum atomic E-state index is -0.469. The molecule has 9 nitrogen and oxygen atoms in total. The van der Waals surface area contributed by atoms with Gasteiger partial charge in [-0.05, 0) is 29.3 Å². The largest absolute Gasteiger partial charge is 0.329 e. The Labute approximate surface area is 180 Å². The molecular weight excluding hydrogens is 452 g/mol. The van der Waals surface area contributed by atoms with Crippen molar-refractivity contribution in [2.24, 2.45) is 0 Å². The Hall–Kier alpha value is -3.53. The summed E-state index contributed by atoms with van der Waals surface area (Å²) in [4.78, 5) is 41.6. The van der Waals surface area contributed by atoms with Crippen molar-refractivity contribution < 1.29 is 14.4 Å². The number of nitrogens with zero attached hydrogens (tertiary/aromatic N) is 4. The maximum absolute atomic E-state index is 12.8. The molecule has 1 aliphatic heterocycles. The molecule has 2 aromatic carbocycles. The van der Waals surface area contributed by atoms with E-state index in [4.69, 9.17) is 0 Å². The summed E-state index contributed by atoms with van der Waals surface area (Å²) < 4.78 is 2.61. The van der Waals surface area contributed by atoms with Gasteiger partial charge in [-0.15, -0.1) is 5.10 Å². The van der Waals surface area contributed by atoms with E-state index >= 15 is 0 Å². The van der Waals surface area contributed by atoms with Gasteiger partial charge in [0, 0.05) is 10.0 Å². The van der Waals surface area contributed by atoms with Crippen LogP contribution in [0.15, 0.2) is 59.3 Å². The van der Waals surface area contributed by atoms with Crippen molar-refractivity contribution in [1.82, 2.24) is 25.0 Å². The van der Waals surface area contributed by atoms with Crippen LogP contribution in [-0.4, -0.2) is 44.1 Å². The average Bonchev–Trinajstić information content (AvgIpc) is 3.31. The quantitative estimate of drug-likeness (QED) is 0.539. The van der Waals surface area contributed by atoms with E-state index in [0.717, 1.165) is 14.9 Å². The highest BCUT2D eigenvalue weighted by molar-refractivity contribution is 9.10. The summed E-state index contributed by atoms with van der Waals surface area (Å²) in [6.45, 7) is 0.492. The van der Waals surface area contributed by atoms with Gasteiger partial charge in [0.15, 0.2) is 0 Å². The van der Waals surface area contributed by atoms with Crippen LogP contribution in [0, 0.1) is 0 Å². The zero-order valence-corrected chi connectivity index (χ0v) is 17.3. The smallest absolute Gasteiger partial charge is 0.324 e. The van der Waals surface area contributed by atoms with E-state index in [2.05, 4.69) is 36.6 Å². The minimum Gasteiger partial charge on any atom is -0.329 e. The summed E-state index contributed by atoms with van der Waals surface area (Å²) in [6, 6.07) is 14.1. The summed E-state index contributed by atoms with van der Waals surface area (Å²) >= 11 is 3.40. The first-order chi connectivity index (χ1) is 14.5. The number of hydrogen-bond acceptors (Lipinski definition) is 5. The molecule has 0 bridgehead atoms. The maximum Gasteiger partial charge on any atom is 0.324 e. The van der Waals surface area contributed by atoms with Crippen LogP contribution in [0.3, 0.4) is 0 Å². The fourth-order valence-corrected chi connectivity index (χ4v) is 3.30. The number of urea groups is 1. The highest BCUT2D eigenvalue weighted by Crippen LogP contribution is 2.16. The van der Waals surface area contributed by atoms with Crippen LogP contribution < -0.4 is 10.6 Å². The lowest BCUT2D eigenvalue weighted by atomic mass is 10.1. The lowest BCUT2D eigenvalue weighted by Crippen LogP contribution is -2.31. The van der Waals surface area contributed by atoms with E-state index in [1.807, 2.05) is 24.3 Å². The average molecular weight is 469 g/mol. The first-order valence-electron chi connectivity index (χ1n) is 9.11. The normalized spacial score (nSPS) is 13.4. The molecule has 0 saturated carbocycles. The maximum atomic E-state index is 12.8. The molecule has 152 valence electrons. The second kappa shape index (κ2) is 8.46. The van der Waals surface area contributed by atoms with Crippen molar-refractivity contribution in [3.63, 3.8) is 0 Å². The fraction of sp³-hybridized carbons (Fsp3) is 0.150. The van der Waals surface area contributed by atoms with E-state index in [-0.39, 0.29) is 24.9 Å². The molecule has 3 aromatic rings. The van der Waals surface area contributed by atoms with Crippen LogP contribution in [0.25, 0.3) is 0 Å². The Balaban J connectivity index is 1.46. The van der Waals surface area contributed by atoms with Crippen LogP contribution in [-0.2, 0) is 17.9 Å². The van der Waals surface area contributed by atoms with Gasteiger partial charge in [-0.3, -0.25) is 19.8 Å². The SMILES string of the molecule is O=C(Nc1ncn(Cc2ccc(Br)cc2)n1)c1ccccc1CN1C(=O)CNC1=O. The molecule has 30 heavy (non-hydrogen) atoms. The Morgan fingerprint density at radius 2 is 1.87 bits per heavy atom. The second-order valence-corrected chi connectivity index (χ2v) is 7.56. The molecular formula is C20H17BrN6O3. The monoisotopic (exact) mass is 468 g/mol. The van der Waals surface area contributed by atoms with Gasteiger partial charge >= 0.3 is 6.03 Å². The number of carbonyl (C=O) groups is 3. The zero-order chi connectivity index (χ0) is 21.1. The summed E-state index contributed by atoms with van der Waals surface area (Å²) in [7, 11) is 0. The van der Waals surface area contributed by atoms with Crippen molar-refractivity contribution in [1.29, 1.82) is 0 Å². The molecule has 0 atom stereocenters. The number of rotatable bonds is 6. The van der Waals surface area contributed by atoms with Crippen LogP contribution in [0.1, 0.15) is 21.5 Å². The summed E-state index contributed by atoms with van der Waals surface area (Å²) in [5, 5.41) is 9.42. The van der Waals surface area contributed by atoms with Gasteiger partial charge in [0.25, 0.3) is 5.91 Å². The molecule has 2 N–H and O–H groups in total. The molecule has 1 aliphatic rings. The van der Waals surface area contributed by atoms with Crippen LogP contribution in [0.4, 0.5) is 10.7 Å². The van der Waals surface area contributed by atoms with Gasteiger partial charge in [0.05, 0.1) is 19.6 Å². The highest BCUT2D eigenvalue weighted by Gasteiger charge is 2.29.